The number of carbonyl (C=O) groups is 1. The number of nitrogens with zero attached hydrogens (tertiary/aromatic N) is 3. The van der Waals surface area contributed by atoms with E-state index in [1.807, 2.05) is 43.3 Å². The summed E-state index contributed by atoms with van der Waals surface area (Å²) in [7, 11) is 0. The molecular formula is C21H17N3O2. The van der Waals surface area contributed by atoms with Crippen molar-refractivity contribution in [2.24, 2.45) is 0 Å². The molecule has 0 amide bonds. The molecule has 0 aliphatic rings. The normalized spacial score (nSPS) is 10.2. The Labute approximate surface area is 151 Å². The third kappa shape index (κ3) is 4.11. The topological polar surface area (TPSA) is 75.9 Å². The monoisotopic (exact) mass is 343 g/mol. The summed E-state index contributed by atoms with van der Waals surface area (Å²) in [6.45, 7) is 1.92. The number of rotatable bonds is 5. The summed E-state index contributed by atoms with van der Waals surface area (Å²) >= 11 is 0. The number of nitriles is 1. The second-order valence-corrected chi connectivity index (χ2v) is 5.73. The van der Waals surface area contributed by atoms with Crippen LogP contribution in [0.4, 0.5) is 0 Å². The molecule has 0 atom stereocenters. The summed E-state index contributed by atoms with van der Waals surface area (Å²) in [4.78, 5) is 20.0. The fourth-order valence-corrected chi connectivity index (χ4v) is 2.45. The highest BCUT2D eigenvalue weighted by molar-refractivity contribution is 5.72. The lowest BCUT2D eigenvalue weighted by molar-refractivity contribution is -0.134. The molecule has 2 aromatic carbocycles. The van der Waals surface area contributed by atoms with Crippen LogP contribution in [0.1, 0.15) is 25.3 Å². The number of ether oxygens (including phenoxy) is 1. The summed E-state index contributed by atoms with van der Waals surface area (Å²) in [6, 6.07) is 17.4. The Balaban J connectivity index is 1.73. The molecule has 0 bridgehead atoms. The molecular weight excluding hydrogens is 326 g/mol. The minimum atomic E-state index is -0.282. The molecule has 3 aromatic rings. The number of hydrogen-bond donors (Lipinski definition) is 0. The van der Waals surface area contributed by atoms with Crippen LogP contribution in [-0.2, 0) is 4.79 Å². The fraction of sp³-hybridized carbons (Fsp3) is 0.143. The molecule has 3 rings (SSSR count). The Morgan fingerprint density at radius 3 is 2.04 bits per heavy atom. The lowest BCUT2D eigenvalue weighted by Gasteiger charge is -2.06. The molecule has 1 heterocycles. The van der Waals surface area contributed by atoms with Crippen molar-refractivity contribution in [3.05, 3.63) is 66.5 Å². The minimum absolute atomic E-state index is 0.282. The summed E-state index contributed by atoms with van der Waals surface area (Å²) in [5.41, 5.74) is 3.59. The van der Waals surface area contributed by atoms with Gasteiger partial charge in [0, 0.05) is 12.0 Å². The lowest BCUT2D eigenvalue weighted by atomic mass is 10.0. The van der Waals surface area contributed by atoms with Crippen molar-refractivity contribution in [2.45, 2.75) is 19.8 Å². The van der Waals surface area contributed by atoms with E-state index in [-0.39, 0.29) is 5.97 Å². The van der Waals surface area contributed by atoms with Gasteiger partial charge in [0.15, 0.2) is 11.6 Å². The van der Waals surface area contributed by atoms with Crippen LogP contribution in [0.15, 0.2) is 60.9 Å². The van der Waals surface area contributed by atoms with Crippen LogP contribution >= 0.6 is 0 Å². The molecule has 5 nitrogen and oxygen atoms in total. The summed E-state index contributed by atoms with van der Waals surface area (Å²) in [6.07, 6.45) is 4.12. The smallest absolute Gasteiger partial charge is 0.311 e. The molecule has 1 aromatic heterocycles. The molecule has 0 saturated carbocycles. The first-order valence-electron chi connectivity index (χ1n) is 8.33. The van der Waals surface area contributed by atoms with Gasteiger partial charge in [-0.15, -0.1) is 0 Å². The first-order valence-corrected chi connectivity index (χ1v) is 8.33. The first-order chi connectivity index (χ1) is 12.7. The second-order valence-electron chi connectivity index (χ2n) is 5.73. The van der Waals surface area contributed by atoms with Crippen molar-refractivity contribution >= 4 is 5.97 Å². The van der Waals surface area contributed by atoms with Gasteiger partial charge >= 0.3 is 5.97 Å². The second kappa shape index (κ2) is 8.04. The zero-order chi connectivity index (χ0) is 18.4. The summed E-state index contributed by atoms with van der Waals surface area (Å²) < 4.78 is 5.15. The van der Waals surface area contributed by atoms with Gasteiger partial charge in [-0.1, -0.05) is 43.3 Å². The predicted molar refractivity (Wildman–Crippen MR) is 98.2 cm³/mol. The van der Waals surface area contributed by atoms with Gasteiger partial charge in [-0.05, 0) is 29.7 Å². The maximum atomic E-state index is 11.5. The molecule has 0 N–H and O–H groups in total. The van der Waals surface area contributed by atoms with Crippen molar-refractivity contribution in [2.75, 3.05) is 0 Å². The molecule has 0 aliphatic carbocycles. The van der Waals surface area contributed by atoms with E-state index in [0.717, 1.165) is 23.1 Å². The molecule has 0 fully saturated rings. The molecule has 0 spiro atoms. The molecule has 128 valence electrons. The Morgan fingerprint density at radius 2 is 1.50 bits per heavy atom. The third-order valence-corrected chi connectivity index (χ3v) is 3.80. The van der Waals surface area contributed by atoms with E-state index in [9.17, 15) is 4.79 Å². The zero-order valence-electron chi connectivity index (χ0n) is 14.3. The van der Waals surface area contributed by atoms with Gasteiger partial charge in [-0.3, -0.25) is 4.79 Å². The standard InChI is InChI=1S/C21H17N3O2/c1-2-3-20(25)26-19-13-23-21(24-14-19)18-10-8-17(9-11-18)16-6-4-15(12-22)5-7-16/h4-11,13-14H,2-3H2,1H3. The largest absolute Gasteiger partial charge is 0.423 e. The molecule has 26 heavy (non-hydrogen) atoms. The average molecular weight is 343 g/mol. The molecule has 0 aliphatic heterocycles. The highest BCUT2D eigenvalue weighted by Crippen LogP contribution is 2.24. The van der Waals surface area contributed by atoms with Crippen LogP contribution in [0, 0.1) is 11.3 Å². The van der Waals surface area contributed by atoms with Gasteiger partial charge in [-0.25, -0.2) is 9.97 Å². The van der Waals surface area contributed by atoms with Crippen molar-refractivity contribution in [1.29, 1.82) is 5.26 Å². The fourth-order valence-electron chi connectivity index (χ4n) is 2.45. The van der Waals surface area contributed by atoms with Gasteiger partial charge in [0.25, 0.3) is 0 Å². The van der Waals surface area contributed by atoms with Crippen molar-refractivity contribution in [3.8, 4) is 34.3 Å². The Kier molecular flexibility index (Phi) is 5.35. The number of hydrogen-bond acceptors (Lipinski definition) is 5. The quantitative estimate of drug-likeness (QED) is 0.642. The third-order valence-electron chi connectivity index (χ3n) is 3.80. The Bertz CT molecular complexity index is 925. The van der Waals surface area contributed by atoms with E-state index in [1.165, 1.54) is 12.4 Å². The highest BCUT2D eigenvalue weighted by Gasteiger charge is 2.07. The molecule has 0 unspecified atom stereocenters. The van der Waals surface area contributed by atoms with E-state index in [1.54, 1.807) is 12.1 Å². The van der Waals surface area contributed by atoms with Gasteiger partial charge in [0.1, 0.15) is 0 Å². The van der Waals surface area contributed by atoms with E-state index >= 15 is 0 Å². The maximum Gasteiger partial charge on any atom is 0.311 e. The van der Waals surface area contributed by atoms with Gasteiger partial charge in [0.05, 0.1) is 24.0 Å². The first kappa shape index (κ1) is 17.3. The zero-order valence-corrected chi connectivity index (χ0v) is 14.3. The maximum absolute atomic E-state index is 11.5. The van der Waals surface area contributed by atoms with Crippen LogP contribution in [0.25, 0.3) is 22.5 Å². The summed E-state index contributed by atoms with van der Waals surface area (Å²) in [5.74, 6) is 0.628. The average Bonchev–Trinajstić information content (AvgIpc) is 2.69. The van der Waals surface area contributed by atoms with E-state index in [2.05, 4.69) is 16.0 Å². The van der Waals surface area contributed by atoms with Gasteiger partial charge in [-0.2, -0.15) is 5.26 Å². The number of carbonyl (C=O) groups excluding carboxylic acids is 1. The van der Waals surface area contributed by atoms with Crippen molar-refractivity contribution in [3.63, 3.8) is 0 Å². The molecule has 0 radical (unpaired) electrons. The van der Waals surface area contributed by atoms with E-state index < -0.39 is 0 Å². The number of aromatic nitrogens is 2. The van der Waals surface area contributed by atoms with Crippen LogP contribution < -0.4 is 4.74 Å². The SMILES string of the molecule is CCCC(=O)Oc1cnc(-c2ccc(-c3ccc(C#N)cc3)cc2)nc1. The highest BCUT2D eigenvalue weighted by atomic mass is 16.5. The van der Waals surface area contributed by atoms with Crippen LogP contribution in [0.2, 0.25) is 0 Å². The lowest BCUT2D eigenvalue weighted by Crippen LogP contribution is -2.07. The van der Waals surface area contributed by atoms with Crippen LogP contribution in [0.5, 0.6) is 5.75 Å². The van der Waals surface area contributed by atoms with Gasteiger partial charge < -0.3 is 4.74 Å². The molecule has 5 heteroatoms. The molecule has 0 saturated heterocycles. The van der Waals surface area contributed by atoms with Crippen LogP contribution in [0.3, 0.4) is 0 Å². The Morgan fingerprint density at radius 1 is 0.962 bits per heavy atom. The van der Waals surface area contributed by atoms with Crippen LogP contribution in [-0.4, -0.2) is 15.9 Å². The summed E-state index contributed by atoms with van der Waals surface area (Å²) in [5, 5.41) is 8.86. The number of esters is 1. The van der Waals surface area contributed by atoms with E-state index in [0.29, 0.717) is 23.6 Å². The van der Waals surface area contributed by atoms with Crippen molar-refractivity contribution in [1.82, 2.24) is 9.97 Å². The van der Waals surface area contributed by atoms with Gasteiger partial charge in [0.2, 0.25) is 0 Å². The predicted octanol–water partition coefficient (Wildman–Crippen LogP) is 4.39. The van der Waals surface area contributed by atoms with E-state index in [4.69, 9.17) is 10.00 Å². The Hall–Kier alpha value is -3.52. The number of benzene rings is 2. The van der Waals surface area contributed by atoms with Crippen molar-refractivity contribution < 1.29 is 9.53 Å². The minimum Gasteiger partial charge on any atom is -0.423 e.